The Hall–Kier alpha value is -2.16. The van der Waals surface area contributed by atoms with E-state index in [1.807, 2.05) is 42.7 Å². The quantitative estimate of drug-likeness (QED) is 0.788. The van der Waals surface area contributed by atoms with Crippen molar-refractivity contribution in [3.63, 3.8) is 0 Å². The molecule has 0 heterocycles. The summed E-state index contributed by atoms with van der Waals surface area (Å²) < 4.78 is 5.27. The van der Waals surface area contributed by atoms with E-state index in [-0.39, 0.29) is 0 Å². The third kappa shape index (κ3) is 2.36. The number of benzene rings is 2. The van der Waals surface area contributed by atoms with Gasteiger partial charge in [-0.25, -0.2) is 0 Å². The molecule has 0 saturated heterocycles. The molecular formula is C16H15O3. The molecule has 1 radical (unpaired) electrons. The van der Waals surface area contributed by atoms with Crippen LogP contribution in [0.1, 0.15) is 25.8 Å². The van der Waals surface area contributed by atoms with Crippen molar-refractivity contribution >= 4 is 23.0 Å². The zero-order valence-electron chi connectivity index (χ0n) is 11.0. The van der Waals surface area contributed by atoms with Gasteiger partial charge in [-0.05, 0) is 17.2 Å². The number of ether oxygens (including phenoxy) is 1. The predicted octanol–water partition coefficient (Wildman–Crippen LogP) is 3.12. The SMILES string of the molecule is CCC([C]=O)(OC(C)=O)c1cccc2ccccc12. The Morgan fingerprint density at radius 2 is 1.89 bits per heavy atom. The van der Waals surface area contributed by atoms with E-state index in [0.29, 0.717) is 12.0 Å². The molecule has 2 aromatic rings. The molecule has 1 unspecified atom stereocenters. The van der Waals surface area contributed by atoms with Crippen molar-refractivity contribution in [2.75, 3.05) is 0 Å². The van der Waals surface area contributed by atoms with Crippen LogP contribution in [0, 0.1) is 0 Å². The molecule has 3 heteroatoms. The highest BCUT2D eigenvalue weighted by atomic mass is 16.6. The van der Waals surface area contributed by atoms with Crippen molar-refractivity contribution in [2.45, 2.75) is 25.9 Å². The third-order valence-electron chi connectivity index (χ3n) is 3.21. The van der Waals surface area contributed by atoms with E-state index in [1.165, 1.54) is 6.92 Å². The molecule has 2 aromatic carbocycles. The Labute approximate surface area is 112 Å². The van der Waals surface area contributed by atoms with Gasteiger partial charge in [0.25, 0.3) is 6.29 Å². The Bertz CT molecular complexity index is 613. The molecule has 0 aliphatic rings. The van der Waals surface area contributed by atoms with Gasteiger partial charge >= 0.3 is 5.97 Å². The monoisotopic (exact) mass is 255 g/mol. The smallest absolute Gasteiger partial charge is 0.303 e. The molecule has 1 atom stereocenters. The number of esters is 1. The molecular weight excluding hydrogens is 240 g/mol. The van der Waals surface area contributed by atoms with Crippen LogP contribution in [0.25, 0.3) is 10.8 Å². The topological polar surface area (TPSA) is 43.4 Å². The van der Waals surface area contributed by atoms with E-state index < -0.39 is 11.6 Å². The van der Waals surface area contributed by atoms with Gasteiger partial charge < -0.3 is 4.74 Å². The van der Waals surface area contributed by atoms with Gasteiger partial charge in [0.1, 0.15) is 0 Å². The molecule has 0 amide bonds. The van der Waals surface area contributed by atoms with Gasteiger partial charge in [-0.15, -0.1) is 0 Å². The molecule has 3 nitrogen and oxygen atoms in total. The summed E-state index contributed by atoms with van der Waals surface area (Å²) >= 11 is 0. The maximum absolute atomic E-state index is 11.4. The second-order valence-electron chi connectivity index (χ2n) is 4.40. The molecule has 0 aliphatic heterocycles. The zero-order valence-corrected chi connectivity index (χ0v) is 11.0. The fourth-order valence-electron chi connectivity index (χ4n) is 2.29. The van der Waals surface area contributed by atoms with Crippen molar-refractivity contribution in [3.8, 4) is 0 Å². The maximum atomic E-state index is 11.4. The van der Waals surface area contributed by atoms with Crippen LogP contribution in [0.4, 0.5) is 0 Å². The molecule has 97 valence electrons. The molecule has 19 heavy (non-hydrogen) atoms. The second-order valence-corrected chi connectivity index (χ2v) is 4.40. The highest BCUT2D eigenvalue weighted by Gasteiger charge is 2.36. The molecule has 2 rings (SSSR count). The lowest BCUT2D eigenvalue weighted by Gasteiger charge is -2.27. The minimum absolute atomic E-state index is 0.351. The molecule has 0 aliphatic carbocycles. The summed E-state index contributed by atoms with van der Waals surface area (Å²) in [6.45, 7) is 3.10. The van der Waals surface area contributed by atoms with Crippen molar-refractivity contribution in [2.24, 2.45) is 0 Å². The Morgan fingerprint density at radius 3 is 2.53 bits per heavy atom. The Kier molecular flexibility index (Phi) is 3.65. The van der Waals surface area contributed by atoms with Crippen LogP contribution in [-0.4, -0.2) is 12.3 Å². The summed E-state index contributed by atoms with van der Waals surface area (Å²) in [4.78, 5) is 22.7. The van der Waals surface area contributed by atoms with E-state index in [9.17, 15) is 9.59 Å². The fraction of sp³-hybridized carbons (Fsp3) is 0.250. The van der Waals surface area contributed by atoms with Crippen molar-refractivity contribution in [1.29, 1.82) is 0 Å². The average molecular weight is 255 g/mol. The van der Waals surface area contributed by atoms with Crippen LogP contribution in [-0.2, 0) is 19.9 Å². The van der Waals surface area contributed by atoms with E-state index in [1.54, 1.807) is 13.0 Å². The molecule has 0 N–H and O–H groups in total. The third-order valence-corrected chi connectivity index (χ3v) is 3.21. The van der Waals surface area contributed by atoms with Crippen LogP contribution in [0.2, 0.25) is 0 Å². The molecule has 0 fully saturated rings. The van der Waals surface area contributed by atoms with E-state index >= 15 is 0 Å². The number of fused-ring (bicyclic) bond motifs is 1. The summed E-state index contributed by atoms with van der Waals surface area (Å²) in [6, 6.07) is 13.3. The van der Waals surface area contributed by atoms with Gasteiger partial charge in [0.05, 0.1) is 0 Å². The minimum Gasteiger partial charge on any atom is -0.446 e. The largest absolute Gasteiger partial charge is 0.446 e. The first-order valence-corrected chi connectivity index (χ1v) is 6.20. The van der Waals surface area contributed by atoms with Gasteiger partial charge in [0.2, 0.25) is 5.60 Å². The number of rotatable bonds is 4. The number of hydrogen-bond donors (Lipinski definition) is 0. The lowest BCUT2D eigenvalue weighted by Crippen LogP contribution is -2.33. The normalized spacial score (nSPS) is 13.8. The fourth-order valence-corrected chi connectivity index (χ4v) is 2.29. The zero-order chi connectivity index (χ0) is 13.9. The van der Waals surface area contributed by atoms with Crippen molar-refractivity contribution in [3.05, 3.63) is 48.0 Å². The lowest BCUT2D eigenvalue weighted by molar-refractivity contribution is -0.151. The summed E-state index contributed by atoms with van der Waals surface area (Å²) in [5, 5.41) is 1.90. The van der Waals surface area contributed by atoms with Gasteiger partial charge in [0.15, 0.2) is 0 Å². The number of carbonyl (C=O) groups is 1. The van der Waals surface area contributed by atoms with E-state index in [2.05, 4.69) is 0 Å². The van der Waals surface area contributed by atoms with Gasteiger partial charge in [-0.3, -0.25) is 9.59 Å². The van der Waals surface area contributed by atoms with Crippen molar-refractivity contribution < 1.29 is 14.3 Å². The second kappa shape index (κ2) is 5.22. The summed E-state index contributed by atoms with van der Waals surface area (Å²) in [5.74, 6) is -0.488. The van der Waals surface area contributed by atoms with Gasteiger partial charge in [-0.2, -0.15) is 0 Å². The highest BCUT2D eigenvalue weighted by molar-refractivity contribution is 5.90. The molecule has 0 bridgehead atoms. The van der Waals surface area contributed by atoms with Gasteiger partial charge in [0, 0.05) is 12.5 Å². The Balaban J connectivity index is 2.69. The van der Waals surface area contributed by atoms with E-state index in [0.717, 1.165) is 10.8 Å². The molecule has 0 aromatic heterocycles. The first-order chi connectivity index (χ1) is 9.13. The van der Waals surface area contributed by atoms with Crippen LogP contribution in [0.3, 0.4) is 0 Å². The minimum atomic E-state index is -1.33. The number of carbonyl (C=O) groups excluding carboxylic acids is 2. The predicted molar refractivity (Wildman–Crippen MR) is 73.4 cm³/mol. The molecule has 0 saturated carbocycles. The van der Waals surface area contributed by atoms with Crippen LogP contribution in [0.15, 0.2) is 42.5 Å². The summed E-state index contributed by atoms with van der Waals surface area (Å²) in [7, 11) is 0. The van der Waals surface area contributed by atoms with Crippen LogP contribution < -0.4 is 0 Å². The highest BCUT2D eigenvalue weighted by Crippen LogP contribution is 2.33. The van der Waals surface area contributed by atoms with Crippen LogP contribution in [0.5, 0.6) is 0 Å². The molecule has 0 spiro atoms. The summed E-state index contributed by atoms with van der Waals surface area (Å²) in [5.41, 5.74) is -0.648. The average Bonchev–Trinajstić information content (AvgIpc) is 2.44. The summed E-state index contributed by atoms with van der Waals surface area (Å²) in [6.07, 6.45) is 2.26. The van der Waals surface area contributed by atoms with Crippen LogP contribution >= 0.6 is 0 Å². The number of hydrogen-bond acceptors (Lipinski definition) is 3. The first kappa shape index (κ1) is 13.3. The first-order valence-electron chi connectivity index (χ1n) is 6.20. The van der Waals surface area contributed by atoms with Gasteiger partial charge in [-0.1, -0.05) is 49.4 Å². The standard InChI is InChI=1S/C16H15O3/c1-3-16(11-17,19-12(2)18)15-10-6-8-13-7-4-5-9-14(13)15/h4-10H,3H2,1-2H3. The van der Waals surface area contributed by atoms with E-state index in [4.69, 9.17) is 4.74 Å². The van der Waals surface area contributed by atoms with Crippen molar-refractivity contribution in [1.82, 2.24) is 0 Å². The Morgan fingerprint density at radius 1 is 1.21 bits per heavy atom. The maximum Gasteiger partial charge on any atom is 0.303 e. The lowest BCUT2D eigenvalue weighted by atomic mass is 9.88.